The number of carbonyl (C=O) groups is 3. The number of aryl methyl sites for hydroxylation is 1. The first-order valence-corrected chi connectivity index (χ1v) is 8.96. The Bertz CT molecular complexity index is 731. The van der Waals surface area contributed by atoms with Crippen molar-refractivity contribution < 1.29 is 23.9 Å². The lowest BCUT2D eigenvalue weighted by molar-refractivity contribution is -0.00755. The molecule has 7 heteroatoms. The molecule has 2 rings (SSSR count). The van der Waals surface area contributed by atoms with Crippen molar-refractivity contribution in [1.29, 1.82) is 0 Å². The maximum atomic E-state index is 12.8. The monoisotopic (exact) mass is 376 g/mol. The third kappa shape index (κ3) is 5.21. The highest BCUT2D eigenvalue weighted by Gasteiger charge is 2.40. The molecule has 1 aromatic carbocycles. The Balaban J connectivity index is 2.39. The van der Waals surface area contributed by atoms with Crippen LogP contribution < -0.4 is 5.73 Å². The van der Waals surface area contributed by atoms with Gasteiger partial charge in [-0.05, 0) is 77.6 Å². The number of nitrogens with zero attached hydrogens (tertiary/aromatic N) is 1. The molecule has 1 aliphatic carbocycles. The summed E-state index contributed by atoms with van der Waals surface area (Å²) in [5.41, 5.74) is 5.90. The summed E-state index contributed by atoms with van der Waals surface area (Å²) in [5, 5.41) is 0. The fourth-order valence-corrected chi connectivity index (χ4v) is 2.97. The second-order valence-corrected chi connectivity index (χ2v) is 8.66. The van der Waals surface area contributed by atoms with Gasteiger partial charge in [-0.15, -0.1) is 0 Å². The van der Waals surface area contributed by atoms with Crippen LogP contribution in [0.4, 0.5) is 9.59 Å². The first kappa shape index (κ1) is 20.7. The lowest BCUT2D eigenvalue weighted by Gasteiger charge is -2.32. The summed E-state index contributed by atoms with van der Waals surface area (Å²) in [5.74, 6) is -0.516. The van der Waals surface area contributed by atoms with Crippen LogP contribution in [-0.4, -0.2) is 34.2 Å². The molecule has 7 nitrogen and oxygen atoms in total. The second-order valence-electron chi connectivity index (χ2n) is 8.66. The number of amides is 3. The number of primary amides is 1. The van der Waals surface area contributed by atoms with Gasteiger partial charge in [0, 0.05) is 5.56 Å². The van der Waals surface area contributed by atoms with E-state index in [1.165, 1.54) is 0 Å². The molecule has 0 bridgehead atoms. The number of hydrogen-bond acceptors (Lipinski definition) is 5. The van der Waals surface area contributed by atoms with Gasteiger partial charge < -0.3 is 15.2 Å². The van der Waals surface area contributed by atoms with E-state index in [0.29, 0.717) is 18.4 Å². The molecule has 0 saturated heterocycles. The van der Waals surface area contributed by atoms with Gasteiger partial charge in [-0.3, -0.25) is 4.79 Å². The van der Waals surface area contributed by atoms with E-state index in [9.17, 15) is 14.4 Å². The zero-order valence-corrected chi connectivity index (χ0v) is 16.8. The quantitative estimate of drug-likeness (QED) is 0.843. The lowest BCUT2D eigenvalue weighted by atomic mass is 10.0. The smallest absolute Gasteiger partial charge is 0.420 e. The SMILES string of the molecule is CC(C)(C)OC(=O)N(C(=O)OC(C)(C)C)C1CCc2cc(C(N)=O)ccc21. The topological polar surface area (TPSA) is 98.9 Å². The summed E-state index contributed by atoms with van der Waals surface area (Å²) < 4.78 is 10.9. The van der Waals surface area contributed by atoms with Crippen molar-refractivity contribution in [1.82, 2.24) is 4.90 Å². The van der Waals surface area contributed by atoms with E-state index in [0.717, 1.165) is 16.0 Å². The molecule has 0 radical (unpaired) electrons. The molecule has 0 fully saturated rings. The van der Waals surface area contributed by atoms with Crippen LogP contribution >= 0.6 is 0 Å². The van der Waals surface area contributed by atoms with Crippen LogP contribution in [0.25, 0.3) is 0 Å². The third-order valence-corrected chi connectivity index (χ3v) is 3.97. The van der Waals surface area contributed by atoms with Crippen molar-refractivity contribution in [2.45, 2.75) is 71.6 Å². The minimum Gasteiger partial charge on any atom is -0.443 e. The molecule has 148 valence electrons. The van der Waals surface area contributed by atoms with E-state index in [1.807, 2.05) is 0 Å². The van der Waals surface area contributed by atoms with Crippen LogP contribution in [-0.2, 0) is 15.9 Å². The number of benzene rings is 1. The van der Waals surface area contributed by atoms with Crippen molar-refractivity contribution in [3.63, 3.8) is 0 Å². The number of hydrogen-bond donors (Lipinski definition) is 1. The highest BCUT2D eigenvalue weighted by Crippen LogP contribution is 2.38. The summed E-state index contributed by atoms with van der Waals surface area (Å²) in [6.45, 7) is 10.4. The molecule has 3 amide bonds. The van der Waals surface area contributed by atoms with Crippen LogP contribution in [0.15, 0.2) is 18.2 Å². The zero-order valence-electron chi connectivity index (χ0n) is 16.8. The maximum Gasteiger partial charge on any atom is 0.420 e. The number of rotatable bonds is 2. The fourth-order valence-electron chi connectivity index (χ4n) is 2.97. The molecule has 0 spiro atoms. The first-order chi connectivity index (χ1) is 12.3. The average molecular weight is 376 g/mol. The van der Waals surface area contributed by atoms with Crippen molar-refractivity contribution in [3.05, 3.63) is 34.9 Å². The van der Waals surface area contributed by atoms with Gasteiger partial charge in [0.1, 0.15) is 11.2 Å². The Kier molecular flexibility index (Phi) is 5.54. The Morgan fingerprint density at radius 2 is 1.52 bits per heavy atom. The van der Waals surface area contributed by atoms with Gasteiger partial charge in [0.2, 0.25) is 5.91 Å². The van der Waals surface area contributed by atoms with Crippen molar-refractivity contribution >= 4 is 18.1 Å². The second kappa shape index (κ2) is 7.21. The molecule has 1 aromatic rings. The van der Waals surface area contributed by atoms with E-state index in [1.54, 1.807) is 59.7 Å². The number of imide groups is 1. The van der Waals surface area contributed by atoms with Gasteiger partial charge >= 0.3 is 12.2 Å². The van der Waals surface area contributed by atoms with Crippen LogP contribution in [0, 0.1) is 0 Å². The summed E-state index contributed by atoms with van der Waals surface area (Å²) in [6.07, 6.45) is -0.374. The number of fused-ring (bicyclic) bond motifs is 1. The molecule has 1 atom stereocenters. The Labute approximate surface area is 159 Å². The molecular formula is C20H28N2O5. The van der Waals surface area contributed by atoms with E-state index in [4.69, 9.17) is 15.2 Å². The standard InChI is InChI=1S/C20H28N2O5/c1-19(2,3)26-17(24)22(18(25)27-20(4,5)6)15-10-8-12-11-13(16(21)23)7-9-14(12)15/h7,9,11,15H,8,10H2,1-6H3,(H2,21,23). The predicted molar refractivity (Wildman–Crippen MR) is 100 cm³/mol. The highest BCUT2D eigenvalue weighted by atomic mass is 16.6. The van der Waals surface area contributed by atoms with Crippen molar-refractivity contribution in [2.75, 3.05) is 0 Å². The molecule has 0 aromatic heterocycles. The summed E-state index contributed by atoms with van der Waals surface area (Å²) in [6, 6.07) is 4.52. The molecular weight excluding hydrogens is 348 g/mol. The van der Waals surface area contributed by atoms with E-state index >= 15 is 0 Å². The van der Waals surface area contributed by atoms with Gasteiger partial charge in [-0.1, -0.05) is 6.07 Å². The number of carbonyl (C=O) groups excluding carboxylic acids is 3. The van der Waals surface area contributed by atoms with Crippen LogP contribution in [0.1, 0.15) is 75.5 Å². The molecule has 0 saturated carbocycles. The van der Waals surface area contributed by atoms with E-state index in [-0.39, 0.29) is 0 Å². The Morgan fingerprint density at radius 1 is 1.00 bits per heavy atom. The molecule has 0 heterocycles. The van der Waals surface area contributed by atoms with Crippen molar-refractivity contribution in [2.24, 2.45) is 5.73 Å². The van der Waals surface area contributed by atoms with Gasteiger partial charge in [-0.2, -0.15) is 0 Å². The number of ether oxygens (including phenoxy) is 2. The normalized spacial score (nSPS) is 16.4. The molecule has 0 aliphatic heterocycles. The Hall–Kier alpha value is -2.57. The molecule has 1 aliphatic rings. The number of nitrogens with two attached hydrogens (primary N) is 1. The average Bonchev–Trinajstić information content (AvgIpc) is 2.86. The summed E-state index contributed by atoms with van der Waals surface area (Å²) in [4.78, 5) is 38.0. The molecule has 2 N–H and O–H groups in total. The van der Waals surface area contributed by atoms with Gasteiger partial charge in [0.15, 0.2) is 0 Å². The van der Waals surface area contributed by atoms with Crippen LogP contribution in [0.3, 0.4) is 0 Å². The minimum absolute atomic E-state index is 0.399. The van der Waals surface area contributed by atoms with Gasteiger partial charge in [0.05, 0.1) is 6.04 Å². The molecule has 1 unspecified atom stereocenters. The lowest BCUT2D eigenvalue weighted by Crippen LogP contribution is -2.45. The van der Waals surface area contributed by atoms with Crippen LogP contribution in [0.2, 0.25) is 0 Å². The van der Waals surface area contributed by atoms with Crippen molar-refractivity contribution in [3.8, 4) is 0 Å². The van der Waals surface area contributed by atoms with E-state index in [2.05, 4.69) is 0 Å². The first-order valence-electron chi connectivity index (χ1n) is 8.96. The van der Waals surface area contributed by atoms with E-state index < -0.39 is 35.3 Å². The fraction of sp³-hybridized carbons (Fsp3) is 0.550. The van der Waals surface area contributed by atoms with Gasteiger partial charge in [0.25, 0.3) is 0 Å². The van der Waals surface area contributed by atoms with Gasteiger partial charge in [-0.25, -0.2) is 14.5 Å². The minimum atomic E-state index is -0.756. The highest BCUT2D eigenvalue weighted by molar-refractivity contribution is 5.93. The largest absolute Gasteiger partial charge is 0.443 e. The molecule has 27 heavy (non-hydrogen) atoms. The van der Waals surface area contributed by atoms with Crippen LogP contribution in [0.5, 0.6) is 0 Å². The zero-order chi connectivity index (χ0) is 20.6. The Morgan fingerprint density at radius 3 is 1.96 bits per heavy atom. The summed E-state index contributed by atoms with van der Waals surface area (Å²) in [7, 11) is 0. The maximum absolute atomic E-state index is 12.8. The summed E-state index contributed by atoms with van der Waals surface area (Å²) >= 11 is 0. The third-order valence-electron chi connectivity index (χ3n) is 3.97. The predicted octanol–water partition coefficient (Wildman–Crippen LogP) is 3.95.